The third-order valence-corrected chi connectivity index (χ3v) is 3.48. The zero-order valence-corrected chi connectivity index (χ0v) is 14.0. The van der Waals surface area contributed by atoms with Crippen molar-refractivity contribution in [3.63, 3.8) is 0 Å². The first-order chi connectivity index (χ1) is 11.4. The summed E-state index contributed by atoms with van der Waals surface area (Å²) in [6, 6.07) is 10.3. The molecule has 0 bridgehead atoms. The molecule has 0 saturated carbocycles. The lowest BCUT2D eigenvalue weighted by atomic mass is 10.2. The Morgan fingerprint density at radius 1 is 1.08 bits per heavy atom. The summed E-state index contributed by atoms with van der Waals surface area (Å²) in [4.78, 5) is 34.1. The highest BCUT2D eigenvalue weighted by molar-refractivity contribution is 9.10. The molecule has 2 aromatic carbocycles. The van der Waals surface area contributed by atoms with Crippen molar-refractivity contribution in [1.82, 2.24) is 0 Å². The molecule has 0 aliphatic carbocycles. The Kier molecular flexibility index (Phi) is 5.48. The molecule has 0 aliphatic rings. The van der Waals surface area contributed by atoms with E-state index in [9.17, 15) is 19.7 Å². The molecule has 0 aromatic heterocycles. The van der Waals surface area contributed by atoms with E-state index < -0.39 is 16.7 Å². The molecule has 124 valence electrons. The Morgan fingerprint density at radius 2 is 1.71 bits per heavy atom. The van der Waals surface area contributed by atoms with Gasteiger partial charge in [0.25, 0.3) is 5.69 Å². The van der Waals surface area contributed by atoms with E-state index in [0.717, 1.165) is 10.5 Å². The van der Waals surface area contributed by atoms with E-state index in [2.05, 4.69) is 26.6 Å². The van der Waals surface area contributed by atoms with Crippen LogP contribution >= 0.6 is 15.9 Å². The second-order valence-electron chi connectivity index (χ2n) is 4.56. The fourth-order valence-electron chi connectivity index (χ4n) is 1.81. The molecule has 0 heterocycles. The number of non-ortho nitro benzene ring substituents is 1. The fraction of sp³-hybridized carbons (Fsp3) is 0.0667. The van der Waals surface area contributed by atoms with Gasteiger partial charge in [0.2, 0.25) is 0 Å². The number of anilines is 2. The summed E-state index contributed by atoms with van der Waals surface area (Å²) in [7, 11) is 1.35. The second-order valence-corrected chi connectivity index (χ2v) is 5.47. The first-order valence-corrected chi connectivity index (χ1v) is 7.40. The summed E-state index contributed by atoms with van der Waals surface area (Å²) in [5.74, 6) is -1.69. The van der Waals surface area contributed by atoms with Crippen molar-refractivity contribution in [1.29, 1.82) is 0 Å². The van der Waals surface area contributed by atoms with Crippen molar-refractivity contribution in [2.24, 2.45) is 0 Å². The van der Waals surface area contributed by atoms with Crippen molar-refractivity contribution in [3.8, 4) is 5.75 Å². The van der Waals surface area contributed by atoms with Gasteiger partial charge in [-0.25, -0.2) is 0 Å². The molecule has 2 amide bonds. The topological polar surface area (TPSA) is 111 Å². The van der Waals surface area contributed by atoms with Crippen LogP contribution in [-0.4, -0.2) is 23.8 Å². The summed E-state index contributed by atoms with van der Waals surface area (Å²) in [6.07, 6.45) is 0. The Balaban J connectivity index is 2.13. The molecular weight excluding hydrogens is 382 g/mol. The third-order valence-electron chi connectivity index (χ3n) is 2.95. The number of hydrogen-bond acceptors (Lipinski definition) is 5. The van der Waals surface area contributed by atoms with Gasteiger partial charge in [0, 0.05) is 22.3 Å². The third kappa shape index (κ3) is 4.29. The molecule has 0 fully saturated rings. The maximum atomic E-state index is 12.0. The Bertz CT molecular complexity index is 792. The lowest BCUT2D eigenvalue weighted by Crippen LogP contribution is -2.29. The van der Waals surface area contributed by atoms with E-state index in [1.807, 2.05) is 0 Å². The largest absolute Gasteiger partial charge is 0.495 e. The molecule has 0 spiro atoms. The lowest BCUT2D eigenvalue weighted by Gasteiger charge is -2.10. The molecule has 9 heteroatoms. The van der Waals surface area contributed by atoms with Crippen LogP contribution in [0.2, 0.25) is 0 Å². The fourth-order valence-corrected chi connectivity index (χ4v) is 2.07. The highest BCUT2D eigenvalue weighted by atomic mass is 79.9. The van der Waals surface area contributed by atoms with Crippen molar-refractivity contribution in [2.45, 2.75) is 0 Å². The number of hydrogen-bond donors (Lipinski definition) is 2. The van der Waals surface area contributed by atoms with Gasteiger partial charge >= 0.3 is 11.8 Å². The lowest BCUT2D eigenvalue weighted by molar-refractivity contribution is -0.384. The number of nitro benzene ring substituents is 1. The Labute approximate surface area is 145 Å². The molecule has 2 N–H and O–H groups in total. The smallest absolute Gasteiger partial charge is 0.314 e. The highest BCUT2D eigenvalue weighted by Crippen LogP contribution is 2.28. The zero-order valence-electron chi connectivity index (χ0n) is 12.4. The number of nitrogens with zero attached hydrogens (tertiary/aromatic N) is 1. The minimum absolute atomic E-state index is 0.0302. The minimum atomic E-state index is -0.975. The summed E-state index contributed by atoms with van der Waals surface area (Å²) in [5, 5.41) is 15.5. The van der Waals surface area contributed by atoms with E-state index in [1.54, 1.807) is 24.3 Å². The van der Waals surface area contributed by atoms with Gasteiger partial charge < -0.3 is 15.4 Å². The average Bonchev–Trinajstić information content (AvgIpc) is 2.56. The number of ether oxygens (including phenoxy) is 1. The molecule has 0 atom stereocenters. The van der Waals surface area contributed by atoms with Crippen LogP contribution in [0.4, 0.5) is 17.1 Å². The number of carbonyl (C=O) groups excluding carboxylic acids is 2. The van der Waals surface area contributed by atoms with E-state index >= 15 is 0 Å². The van der Waals surface area contributed by atoms with Gasteiger partial charge in [0.15, 0.2) is 0 Å². The van der Waals surface area contributed by atoms with Crippen LogP contribution in [0, 0.1) is 10.1 Å². The number of nitrogens with one attached hydrogen (secondary N) is 2. The summed E-state index contributed by atoms with van der Waals surface area (Å²) >= 11 is 3.26. The second kappa shape index (κ2) is 7.55. The van der Waals surface area contributed by atoms with E-state index in [-0.39, 0.29) is 17.1 Å². The monoisotopic (exact) mass is 393 g/mol. The summed E-state index contributed by atoms with van der Waals surface area (Å²) in [6.45, 7) is 0. The van der Waals surface area contributed by atoms with Crippen molar-refractivity contribution >= 4 is 44.8 Å². The van der Waals surface area contributed by atoms with Crippen LogP contribution in [0.5, 0.6) is 5.75 Å². The van der Waals surface area contributed by atoms with Gasteiger partial charge in [-0.15, -0.1) is 0 Å². The number of benzene rings is 2. The van der Waals surface area contributed by atoms with Crippen molar-refractivity contribution in [3.05, 3.63) is 57.1 Å². The van der Waals surface area contributed by atoms with Crippen LogP contribution < -0.4 is 15.4 Å². The van der Waals surface area contributed by atoms with Crippen molar-refractivity contribution in [2.75, 3.05) is 17.7 Å². The first-order valence-electron chi connectivity index (χ1n) is 6.61. The Hall–Kier alpha value is -2.94. The first kappa shape index (κ1) is 17.4. The molecule has 0 saturated heterocycles. The Morgan fingerprint density at radius 3 is 2.29 bits per heavy atom. The van der Waals surface area contributed by atoms with Crippen LogP contribution in [0.25, 0.3) is 0 Å². The normalized spacial score (nSPS) is 9.92. The number of rotatable bonds is 4. The number of carbonyl (C=O) groups is 2. The van der Waals surface area contributed by atoms with Crippen LogP contribution in [0.1, 0.15) is 0 Å². The van der Waals surface area contributed by atoms with Crippen molar-refractivity contribution < 1.29 is 19.2 Å². The number of amides is 2. The molecule has 0 aliphatic heterocycles. The van der Waals surface area contributed by atoms with Gasteiger partial charge in [-0.2, -0.15) is 0 Å². The van der Waals surface area contributed by atoms with Crippen LogP contribution in [0.15, 0.2) is 46.9 Å². The average molecular weight is 394 g/mol. The number of nitro groups is 1. The molecule has 8 nitrogen and oxygen atoms in total. The van der Waals surface area contributed by atoms with E-state index in [4.69, 9.17) is 4.74 Å². The maximum absolute atomic E-state index is 12.0. The molecular formula is C15H12BrN3O5. The number of halogens is 1. The standard InChI is InChI=1S/C15H12BrN3O5/c1-24-13-7-6-11(19(22)23)8-12(13)18-15(21)14(20)17-10-4-2-9(16)3-5-10/h2-8H,1H3,(H,17,20)(H,18,21). The molecule has 2 rings (SSSR count). The minimum Gasteiger partial charge on any atom is -0.495 e. The van der Waals surface area contributed by atoms with Gasteiger partial charge in [-0.1, -0.05) is 15.9 Å². The molecule has 0 unspecified atom stereocenters. The highest BCUT2D eigenvalue weighted by Gasteiger charge is 2.18. The van der Waals surface area contributed by atoms with Crippen LogP contribution in [0.3, 0.4) is 0 Å². The molecule has 2 aromatic rings. The number of methoxy groups -OCH3 is 1. The predicted octanol–water partition coefficient (Wildman–Crippen LogP) is 2.94. The molecule has 0 radical (unpaired) electrons. The van der Waals surface area contributed by atoms with E-state index in [0.29, 0.717) is 5.69 Å². The summed E-state index contributed by atoms with van der Waals surface area (Å²) in [5.41, 5.74) is 0.228. The predicted molar refractivity (Wildman–Crippen MR) is 91.0 cm³/mol. The van der Waals surface area contributed by atoms with Gasteiger partial charge in [-0.3, -0.25) is 19.7 Å². The quantitative estimate of drug-likeness (QED) is 0.471. The van der Waals surface area contributed by atoms with Crippen LogP contribution in [-0.2, 0) is 9.59 Å². The SMILES string of the molecule is COc1ccc([N+](=O)[O-])cc1NC(=O)C(=O)Nc1ccc(Br)cc1. The molecule has 24 heavy (non-hydrogen) atoms. The van der Waals surface area contributed by atoms with Gasteiger partial charge in [0.1, 0.15) is 5.75 Å². The summed E-state index contributed by atoms with van der Waals surface area (Å²) < 4.78 is 5.84. The van der Waals surface area contributed by atoms with E-state index in [1.165, 1.54) is 19.2 Å². The van der Waals surface area contributed by atoms with Gasteiger partial charge in [-0.05, 0) is 30.3 Å². The maximum Gasteiger partial charge on any atom is 0.314 e. The van der Waals surface area contributed by atoms with Gasteiger partial charge in [0.05, 0.1) is 17.7 Å². The zero-order chi connectivity index (χ0) is 17.7.